The van der Waals surface area contributed by atoms with E-state index < -0.39 is 11.8 Å². The van der Waals surface area contributed by atoms with Gasteiger partial charge in [-0.15, -0.1) is 11.3 Å². The Balaban J connectivity index is 2.03. The Hall–Kier alpha value is -2.67. The van der Waals surface area contributed by atoms with Crippen LogP contribution in [0.1, 0.15) is 5.69 Å². The van der Waals surface area contributed by atoms with Crippen LogP contribution in [-0.4, -0.2) is 20.5 Å². The predicted octanol–water partition coefficient (Wildman–Crippen LogP) is 3.43. The zero-order chi connectivity index (χ0) is 14.8. The van der Waals surface area contributed by atoms with Gasteiger partial charge in [-0.05, 0) is 18.2 Å². The second kappa shape index (κ2) is 5.37. The van der Waals surface area contributed by atoms with Gasteiger partial charge in [-0.2, -0.15) is 4.98 Å². The van der Waals surface area contributed by atoms with E-state index in [0.29, 0.717) is 16.4 Å². The van der Waals surface area contributed by atoms with Crippen molar-refractivity contribution >= 4 is 28.3 Å². The molecule has 0 aliphatic carbocycles. The van der Waals surface area contributed by atoms with E-state index in [1.54, 1.807) is 16.7 Å². The van der Waals surface area contributed by atoms with Crippen LogP contribution in [0.5, 0.6) is 11.6 Å². The lowest BCUT2D eigenvalue weighted by Gasteiger charge is -2.03. The van der Waals surface area contributed by atoms with Crippen molar-refractivity contribution in [3.05, 3.63) is 53.4 Å². The highest BCUT2D eigenvalue weighted by Crippen LogP contribution is 2.29. The molecule has 0 aliphatic heterocycles. The summed E-state index contributed by atoms with van der Waals surface area (Å²) in [6.07, 6.45) is 4.15. The number of imidazole rings is 1. The van der Waals surface area contributed by atoms with Crippen molar-refractivity contribution in [3.63, 3.8) is 0 Å². The SMILES string of the molecule is O=C(O)/C=C/c1c(Oc2cccc(F)c2)nc2sccn12. The molecule has 3 aromatic rings. The number of hydrogen-bond acceptors (Lipinski definition) is 4. The summed E-state index contributed by atoms with van der Waals surface area (Å²) in [5, 5.41) is 10.6. The minimum Gasteiger partial charge on any atom is -0.478 e. The molecule has 0 atom stereocenters. The molecule has 0 saturated heterocycles. The maximum absolute atomic E-state index is 13.2. The maximum atomic E-state index is 13.2. The van der Waals surface area contributed by atoms with E-state index in [1.165, 1.54) is 35.6 Å². The first-order valence-corrected chi connectivity index (χ1v) is 6.81. The number of benzene rings is 1. The summed E-state index contributed by atoms with van der Waals surface area (Å²) in [6, 6.07) is 5.67. The molecule has 2 aromatic heterocycles. The normalized spacial score (nSPS) is 11.3. The second-order valence-electron chi connectivity index (χ2n) is 4.09. The van der Waals surface area contributed by atoms with Gasteiger partial charge in [0.1, 0.15) is 17.3 Å². The summed E-state index contributed by atoms with van der Waals surface area (Å²) in [4.78, 5) is 15.6. The van der Waals surface area contributed by atoms with E-state index in [-0.39, 0.29) is 5.88 Å². The minimum atomic E-state index is -1.07. The molecule has 0 radical (unpaired) electrons. The van der Waals surface area contributed by atoms with Crippen molar-refractivity contribution in [2.24, 2.45) is 0 Å². The average molecular weight is 304 g/mol. The number of ether oxygens (including phenoxy) is 1. The fourth-order valence-corrected chi connectivity index (χ4v) is 2.52. The Morgan fingerprint density at radius 1 is 1.48 bits per heavy atom. The van der Waals surface area contributed by atoms with Crippen LogP contribution < -0.4 is 4.74 Å². The number of nitrogens with zero attached hydrogens (tertiary/aromatic N) is 2. The minimum absolute atomic E-state index is 0.227. The maximum Gasteiger partial charge on any atom is 0.328 e. The van der Waals surface area contributed by atoms with E-state index in [9.17, 15) is 9.18 Å². The number of thiazole rings is 1. The summed E-state index contributed by atoms with van der Waals surface area (Å²) in [5.41, 5.74) is 0.484. The van der Waals surface area contributed by atoms with Gasteiger partial charge in [0.15, 0.2) is 4.96 Å². The van der Waals surface area contributed by atoms with Crippen LogP contribution in [0.3, 0.4) is 0 Å². The van der Waals surface area contributed by atoms with Gasteiger partial charge in [0.25, 0.3) is 0 Å². The van der Waals surface area contributed by atoms with Crippen LogP contribution in [0.15, 0.2) is 41.9 Å². The molecule has 1 aromatic carbocycles. The van der Waals surface area contributed by atoms with Crippen molar-refractivity contribution in [2.45, 2.75) is 0 Å². The molecule has 0 spiro atoms. The lowest BCUT2D eigenvalue weighted by molar-refractivity contribution is -0.131. The number of carboxylic acids is 1. The van der Waals surface area contributed by atoms with Gasteiger partial charge in [0.05, 0.1) is 0 Å². The molecule has 1 N–H and O–H groups in total. The predicted molar refractivity (Wildman–Crippen MR) is 76.2 cm³/mol. The first-order chi connectivity index (χ1) is 10.1. The van der Waals surface area contributed by atoms with Crippen molar-refractivity contribution in [1.82, 2.24) is 9.38 Å². The van der Waals surface area contributed by atoms with E-state index in [2.05, 4.69) is 4.98 Å². The number of rotatable bonds is 4. The van der Waals surface area contributed by atoms with E-state index in [1.807, 2.05) is 5.38 Å². The topological polar surface area (TPSA) is 63.8 Å². The van der Waals surface area contributed by atoms with Crippen molar-refractivity contribution in [1.29, 1.82) is 0 Å². The number of aromatic nitrogens is 2. The first kappa shape index (κ1) is 13.3. The van der Waals surface area contributed by atoms with Crippen LogP contribution in [0.25, 0.3) is 11.0 Å². The smallest absolute Gasteiger partial charge is 0.328 e. The van der Waals surface area contributed by atoms with E-state index in [4.69, 9.17) is 9.84 Å². The van der Waals surface area contributed by atoms with E-state index >= 15 is 0 Å². The third-order valence-electron chi connectivity index (χ3n) is 2.66. The monoisotopic (exact) mass is 304 g/mol. The molecule has 2 heterocycles. The Bertz CT molecular complexity index is 838. The lowest BCUT2D eigenvalue weighted by atomic mass is 10.3. The zero-order valence-corrected chi connectivity index (χ0v) is 11.4. The van der Waals surface area contributed by atoms with Gasteiger partial charge < -0.3 is 9.84 Å². The van der Waals surface area contributed by atoms with Crippen LogP contribution >= 0.6 is 11.3 Å². The third-order valence-corrected chi connectivity index (χ3v) is 3.42. The Morgan fingerprint density at radius 2 is 2.33 bits per heavy atom. The highest BCUT2D eigenvalue weighted by Gasteiger charge is 2.13. The molecule has 0 unspecified atom stereocenters. The number of halogens is 1. The molecule has 0 aliphatic rings. The Labute approximate surface area is 122 Å². The molecule has 0 fully saturated rings. The largest absolute Gasteiger partial charge is 0.478 e. The van der Waals surface area contributed by atoms with Crippen molar-refractivity contribution in [3.8, 4) is 11.6 Å². The molecule has 0 bridgehead atoms. The van der Waals surface area contributed by atoms with Gasteiger partial charge >= 0.3 is 5.97 Å². The zero-order valence-electron chi connectivity index (χ0n) is 10.6. The number of hydrogen-bond donors (Lipinski definition) is 1. The number of aliphatic carboxylic acids is 1. The highest BCUT2D eigenvalue weighted by atomic mass is 32.1. The molecular formula is C14H9FN2O3S. The summed E-state index contributed by atoms with van der Waals surface area (Å²) in [7, 11) is 0. The summed E-state index contributed by atoms with van der Waals surface area (Å²) in [6.45, 7) is 0. The van der Waals surface area contributed by atoms with Crippen LogP contribution in [0.4, 0.5) is 4.39 Å². The van der Waals surface area contributed by atoms with Gasteiger partial charge in [0.2, 0.25) is 5.88 Å². The molecule has 0 amide bonds. The summed E-state index contributed by atoms with van der Waals surface area (Å²) < 4.78 is 20.4. The highest BCUT2D eigenvalue weighted by molar-refractivity contribution is 7.15. The van der Waals surface area contributed by atoms with Gasteiger partial charge in [0, 0.05) is 23.7 Å². The second-order valence-corrected chi connectivity index (χ2v) is 4.96. The molecule has 3 rings (SSSR count). The fraction of sp³-hybridized carbons (Fsp3) is 0. The van der Waals surface area contributed by atoms with Crippen LogP contribution in [0.2, 0.25) is 0 Å². The molecule has 7 heteroatoms. The summed E-state index contributed by atoms with van der Waals surface area (Å²) >= 11 is 1.39. The fourth-order valence-electron chi connectivity index (χ4n) is 1.80. The van der Waals surface area contributed by atoms with Crippen molar-refractivity contribution < 1.29 is 19.0 Å². The van der Waals surface area contributed by atoms with Crippen molar-refractivity contribution in [2.75, 3.05) is 0 Å². The number of carbonyl (C=O) groups is 1. The van der Waals surface area contributed by atoms with Gasteiger partial charge in [-0.25, -0.2) is 9.18 Å². The third kappa shape index (κ3) is 2.77. The van der Waals surface area contributed by atoms with Crippen LogP contribution in [0, 0.1) is 5.82 Å². The first-order valence-electron chi connectivity index (χ1n) is 5.93. The molecular weight excluding hydrogens is 295 g/mol. The summed E-state index contributed by atoms with van der Waals surface area (Å²) in [5.74, 6) is -0.969. The Kier molecular flexibility index (Phi) is 3.41. The molecule has 21 heavy (non-hydrogen) atoms. The standard InChI is InChI=1S/C14H9FN2O3S/c15-9-2-1-3-10(8-9)20-13-11(4-5-12(18)19)17-6-7-21-14(17)16-13/h1-8H,(H,18,19)/b5-4+. The lowest BCUT2D eigenvalue weighted by Crippen LogP contribution is -1.91. The molecule has 0 saturated carbocycles. The van der Waals surface area contributed by atoms with Gasteiger partial charge in [-0.1, -0.05) is 6.07 Å². The van der Waals surface area contributed by atoms with E-state index in [0.717, 1.165) is 6.08 Å². The van der Waals surface area contributed by atoms with Crippen LogP contribution in [-0.2, 0) is 4.79 Å². The number of carboxylic acid groups (broad SMARTS) is 1. The Morgan fingerprint density at radius 3 is 3.10 bits per heavy atom. The molecule has 106 valence electrons. The quantitative estimate of drug-likeness (QED) is 0.750. The number of fused-ring (bicyclic) bond motifs is 1. The van der Waals surface area contributed by atoms with Gasteiger partial charge in [-0.3, -0.25) is 4.40 Å². The molecule has 5 nitrogen and oxygen atoms in total. The average Bonchev–Trinajstić information content (AvgIpc) is 2.97.